The molecule has 1 heterocycles. The van der Waals surface area contributed by atoms with Crippen LogP contribution in [0, 0.1) is 4.77 Å². The number of nitrogens with one attached hydrogen (secondary N) is 1. The Morgan fingerprint density at radius 1 is 1.19 bits per heavy atom. The van der Waals surface area contributed by atoms with E-state index in [0.717, 1.165) is 24.5 Å². The molecule has 110 valence electrons. The van der Waals surface area contributed by atoms with Crippen molar-refractivity contribution in [3.05, 3.63) is 46.4 Å². The van der Waals surface area contributed by atoms with Crippen molar-refractivity contribution in [3.63, 3.8) is 0 Å². The molecular formula is C15H13F3N2S. The van der Waals surface area contributed by atoms with Crippen LogP contribution in [0.3, 0.4) is 0 Å². The second kappa shape index (κ2) is 5.26. The lowest BCUT2D eigenvalue weighted by Crippen LogP contribution is -2.10. The van der Waals surface area contributed by atoms with Gasteiger partial charge in [0.25, 0.3) is 0 Å². The van der Waals surface area contributed by atoms with Gasteiger partial charge in [-0.1, -0.05) is 24.6 Å². The number of nitrogens with zero attached hydrogens (tertiary/aromatic N) is 1. The number of benzene rings is 1. The second-order valence-electron chi connectivity index (χ2n) is 5.24. The van der Waals surface area contributed by atoms with Crippen molar-refractivity contribution < 1.29 is 13.2 Å². The van der Waals surface area contributed by atoms with E-state index in [9.17, 15) is 13.2 Å². The first-order valence-corrected chi connectivity index (χ1v) is 7.13. The zero-order valence-electron chi connectivity index (χ0n) is 11.1. The molecule has 2 nitrogen and oxygen atoms in total. The molecular weight excluding hydrogens is 297 g/mol. The monoisotopic (exact) mass is 310 g/mol. The molecule has 1 N–H and O–H groups in total. The first-order chi connectivity index (χ1) is 9.93. The molecule has 3 rings (SSSR count). The Kier molecular flexibility index (Phi) is 3.57. The largest absolute Gasteiger partial charge is 0.431 e. The maximum Gasteiger partial charge on any atom is 0.431 e. The average molecular weight is 310 g/mol. The van der Waals surface area contributed by atoms with Gasteiger partial charge in [0.15, 0.2) is 4.77 Å². The zero-order chi connectivity index (χ0) is 15.0. The lowest BCUT2D eigenvalue weighted by molar-refractivity contribution is -0.141. The predicted molar refractivity (Wildman–Crippen MR) is 76.5 cm³/mol. The van der Waals surface area contributed by atoms with Crippen LogP contribution in [-0.2, 0) is 6.18 Å². The topological polar surface area (TPSA) is 28.7 Å². The zero-order valence-corrected chi connectivity index (χ0v) is 11.9. The summed E-state index contributed by atoms with van der Waals surface area (Å²) in [7, 11) is 0. The number of aromatic amines is 1. The van der Waals surface area contributed by atoms with Crippen LogP contribution in [0.5, 0.6) is 0 Å². The summed E-state index contributed by atoms with van der Waals surface area (Å²) in [6.45, 7) is 0. The lowest BCUT2D eigenvalue weighted by Gasteiger charge is -2.26. The molecule has 1 aliphatic carbocycles. The molecule has 0 unspecified atom stereocenters. The summed E-state index contributed by atoms with van der Waals surface area (Å²) in [6.07, 6.45) is -0.974. The molecule has 2 aromatic rings. The van der Waals surface area contributed by atoms with E-state index in [1.54, 1.807) is 6.07 Å². The highest BCUT2D eigenvalue weighted by molar-refractivity contribution is 7.71. The van der Waals surface area contributed by atoms with Gasteiger partial charge in [0.2, 0.25) is 0 Å². The van der Waals surface area contributed by atoms with Crippen LogP contribution in [0.2, 0.25) is 0 Å². The highest BCUT2D eigenvalue weighted by atomic mass is 32.1. The van der Waals surface area contributed by atoms with Crippen LogP contribution in [0.25, 0.3) is 11.3 Å². The van der Waals surface area contributed by atoms with Crippen LogP contribution in [0.15, 0.2) is 30.3 Å². The summed E-state index contributed by atoms with van der Waals surface area (Å²) >= 11 is 4.81. The van der Waals surface area contributed by atoms with Gasteiger partial charge in [-0.3, -0.25) is 0 Å². The van der Waals surface area contributed by atoms with Gasteiger partial charge in [-0.15, -0.1) is 0 Å². The highest BCUT2D eigenvalue weighted by Gasteiger charge is 2.32. The summed E-state index contributed by atoms with van der Waals surface area (Å²) in [4.78, 5) is 6.12. The van der Waals surface area contributed by atoms with Gasteiger partial charge in [0.1, 0.15) is 5.69 Å². The van der Waals surface area contributed by atoms with Crippen molar-refractivity contribution in [3.8, 4) is 11.3 Å². The van der Waals surface area contributed by atoms with Crippen molar-refractivity contribution >= 4 is 12.2 Å². The molecule has 0 aliphatic heterocycles. The molecule has 0 spiro atoms. The highest BCUT2D eigenvalue weighted by Crippen LogP contribution is 2.37. The number of H-pyrrole nitrogens is 1. The van der Waals surface area contributed by atoms with Crippen LogP contribution >= 0.6 is 12.2 Å². The van der Waals surface area contributed by atoms with Crippen LogP contribution < -0.4 is 0 Å². The number of hydrogen-bond acceptors (Lipinski definition) is 2. The Hall–Kier alpha value is -1.69. The fraction of sp³-hybridized carbons (Fsp3) is 0.333. The van der Waals surface area contributed by atoms with E-state index in [2.05, 4.69) is 9.97 Å². The van der Waals surface area contributed by atoms with E-state index >= 15 is 0 Å². The number of hydrogen-bond donors (Lipinski definition) is 1. The Bertz CT molecular complexity index is 717. The quantitative estimate of drug-likeness (QED) is 0.782. The van der Waals surface area contributed by atoms with Crippen molar-refractivity contribution in [1.29, 1.82) is 0 Å². The van der Waals surface area contributed by atoms with E-state index in [-0.39, 0.29) is 10.5 Å². The van der Waals surface area contributed by atoms with Gasteiger partial charge in [0, 0.05) is 5.56 Å². The summed E-state index contributed by atoms with van der Waals surface area (Å²) in [5, 5.41) is 0. The molecule has 0 atom stereocenters. The Balaban J connectivity index is 2.04. The van der Waals surface area contributed by atoms with Crippen LogP contribution in [-0.4, -0.2) is 9.97 Å². The second-order valence-corrected chi connectivity index (χ2v) is 5.62. The van der Waals surface area contributed by atoms with Crippen LogP contribution in [0.1, 0.15) is 36.4 Å². The minimum Gasteiger partial charge on any atom is -0.327 e. The average Bonchev–Trinajstić information content (AvgIpc) is 2.35. The molecule has 0 saturated heterocycles. The summed E-state index contributed by atoms with van der Waals surface area (Å²) in [6, 6.07) is 8.57. The van der Waals surface area contributed by atoms with Gasteiger partial charge >= 0.3 is 6.18 Å². The molecule has 1 saturated carbocycles. The molecule has 6 heteroatoms. The summed E-state index contributed by atoms with van der Waals surface area (Å²) in [5.74, 6) is 0.519. The standard InChI is InChI=1S/C15H13F3N2S/c16-15(17,18)13-8-12(19-14(21)20-13)11-6-2-5-10(7-11)9-3-1-4-9/h2,5-9H,1,3-4H2,(H,19,20,21). The van der Waals surface area contributed by atoms with Crippen LogP contribution in [0.4, 0.5) is 13.2 Å². The smallest absolute Gasteiger partial charge is 0.327 e. The number of halogens is 3. The first kappa shape index (κ1) is 14.3. The summed E-state index contributed by atoms with van der Waals surface area (Å²) < 4.78 is 38.3. The van der Waals surface area contributed by atoms with Crippen molar-refractivity contribution in [2.75, 3.05) is 0 Å². The van der Waals surface area contributed by atoms with Gasteiger partial charge in [-0.25, -0.2) is 4.98 Å². The Morgan fingerprint density at radius 2 is 1.95 bits per heavy atom. The third-order valence-corrected chi connectivity index (χ3v) is 4.00. The van der Waals surface area contributed by atoms with Gasteiger partial charge < -0.3 is 4.98 Å². The SMILES string of the molecule is FC(F)(F)c1cc(-c2cccc(C3CCC3)c2)nc(=S)[nH]1. The molecule has 0 bridgehead atoms. The first-order valence-electron chi connectivity index (χ1n) is 6.72. The Labute approximate surface area is 125 Å². The van der Waals surface area contributed by atoms with E-state index in [0.29, 0.717) is 11.5 Å². The maximum atomic E-state index is 12.8. The molecule has 1 aromatic carbocycles. The third kappa shape index (κ3) is 3.00. The van der Waals surface area contributed by atoms with Crippen molar-refractivity contribution in [2.24, 2.45) is 0 Å². The lowest BCUT2D eigenvalue weighted by atomic mass is 9.79. The number of alkyl halides is 3. The van der Waals surface area contributed by atoms with E-state index < -0.39 is 11.9 Å². The van der Waals surface area contributed by atoms with Gasteiger partial charge in [0.05, 0.1) is 5.69 Å². The minimum atomic E-state index is -4.46. The van der Waals surface area contributed by atoms with E-state index in [4.69, 9.17) is 12.2 Å². The predicted octanol–water partition coefficient (Wildman–Crippen LogP) is 5.09. The van der Waals surface area contributed by atoms with E-state index in [1.807, 2.05) is 18.2 Å². The number of aromatic nitrogens is 2. The Morgan fingerprint density at radius 3 is 2.57 bits per heavy atom. The molecule has 1 aromatic heterocycles. The van der Waals surface area contributed by atoms with Crippen molar-refractivity contribution in [1.82, 2.24) is 9.97 Å². The fourth-order valence-corrected chi connectivity index (χ4v) is 2.66. The fourth-order valence-electron chi connectivity index (χ4n) is 2.45. The maximum absolute atomic E-state index is 12.8. The number of rotatable bonds is 2. The minimum absolute atomic E-state index is 0.158. The van der Waals surface area contributed by atoms with Gasteiger partial charge in [-0.2, -0.15) is 13.2 Å². The van der Waals surface area contributed by atoms with E-state index in [1.165, 1.54) is 6.42 Å². The molecule has 1 fully saturated rings. The third-order valence-electron chi connectivity index (χ3n) is 3.81. The normalized spacial score (nSPS) is 15.8. The van der Waals surface area contributed by atoms with Crippen molar-refractivity contribution in [2.45, 2.75) is 31.4 Å². The molecule has 21 heavy (non-hydrogen) atoms. The molecule has 1 aliphatic rings. The molecule has 0 radical (unpaired) electrons. The van der Waals surface area contributed by atoms with Gasteiger partial charge in [-0.05, 0) is 48.7 Å². The summed E-state index contributed by atoms with van der Waals surface area (Å²) in [5.41, 5.74) is 1.22. The molecule has 0 amide bonds.